The minimum atomic E-state index is -0.312. The molecule has 30 heavy (non-hydrogen) atoms. The van der Waals surface area contributed by atoms with E-state index in [-0.39, 0.29) is 11.5 Å². The van der Waals surface area contributed by atoms with Crippen LogP contribution in [0.1, 0.15) is 24.5 Å². The van der Waals surface area contributed by atoms with Crippen molar-refractivity contribution >= 4 is 49.4 Å². The molecule has 0 N–H and O–H groups in total. The van der Waals surface area contributed by atoms with Crippen molar-refractivity contribution < 1.29 is 4.79 Å². The number of rotatable bonds is 3. The molecule has 1 aliphatic heterocycles. The van der Waals surface area contributed by atoms with Gasteiger partial charge in [-0.3, -0.25) is 9.59 Å². The van der Waals surface area contributed by atoms with E-state index in [0.717, 1.165) is 33.3 Å². The lowest BCUT2D eigenvalue weighted by atomic mass is 10.1. The van der Waals surface area contributed by atoms with E-state index in [0.29, 0.717) is 27.4 Å². The molecule has 1 aliphatic rings. The van der Waals surface area contributed by atoms with Crippen LogP contribution in [0.5, 0.6) is 0 Å². The molecule has 3 heterocycles. The Morgan fingerprint density at radius 3 is 2.57 bits per heavy atom. The van der Waals surface area contributed by atoms with Crippen molar-refractivity contribution in [2.75, 3.05) is 11.4 Å². The molecule has 0 radical (unpaired) electrons. The molecule has 0 atom stereocenters. The number of hydrogen-bond donors (Lipinski definition) is 0. The van der Waals surface area contributed by atoms with E-state index in [1.165, 1.54) is 15.9 Å². The molecule has 8 heteroatoms. The summed E-state index contributed by atoms with van der Waals surface area (Å²) in [4.78, 5) is 33.2. The van der Waals surface area contributed by atoms with E-state index in [1.54, 1.807) is 4.90 Å². The van der Waals surface area contributed by atoms with Gasteiger partial charge in [0.2, 0.25) is 4.96 Å². The van der Waals surface area contributed by atoms with Crippen LogP contribution in [0.15, 0.2) is 51.7 Å². The number of aromatic nitrogens is 3. The first-order chi connectivity index (χ1) is 14.5. The number of carbonyl (C=O) groups excluding carboxylic acids is 1. The van der Waals surface area contributed by atoms with Gasteiger partial charge in [-0.05, 0) is 31.5 Å². The fraction of sp³-hybridized carbons (Fsp3) is 0.182. The molecule has 0 aliphatic carbocycles. The highest BCUT2D eigenvalue weighted by atomic mass is 79.9. The molecule has 150 valence electrons. The van der Waals surface area contributed by atoms with Gasteiger partial charge in [0.25, 0.3) is 11.5 Å². The maximum Gasteiger partial charge on any atom is 0.291 e. The molecule has 0 unspecified atom stereocenters. The summed E-state index contributed by atoms with van der Waals surface area (Å²) in [5.74, 6) is 0.355. The van der Waals surface area contributed by atoms with Gasteiger partial charge in [-0.1, -0.05) is 64.0 Å². The smallest absolute Gasteiger partial charge is 0.291 e. The van der Waals surface area contributed by atoms with Crippen molar-refractivity contribution in [3.05, 3.63) is 73.0 Å². The predicted molar refractivity (Wildman–Crippen MR) is 122 cm³/mol. The van der Waals surface area contributed by atoms with E-state index in [2.05, 4.69) is 26.0 Å². The zero-order chi connectivity index (χ0) is 21.0. The van der Waals surface area contributed by atoms with Crippen LogP contribution in [0.25, 0.3) is 21.9 Å². The average Bonchev–Trinajstić information content (AvgIpc) is 3.35. The zero-order valence-electron chi connectivity index (χ0n) is 16.3. The maximum atomic E-state index is 13.2. The Labute approximate surface area is 184 Å². The van der Waals surface area contributed by atoms with Crippen LogP contribution in [0, 0.1) is 6.92 Å². The lowest BCUT2D eigenvalue weighted by molar-refractivity contribution is -0.113. The highest BCUT2D eigenvalue weighted by Crippen LogP contribution is 2.37. The van der Waals surface area contributed by atoms with Crippen LogP contribution in [-0.4, -0.2) is 27.0 Å². The van der Waals surface area contributed by atoms with E-state index >= 15 is 0 Å². The molecular formula is C22H17BrN4O2S. The Bertz CT molecular complexity index is 1420. The number of thiazole rings is 1. The van der Waals surface area contributed by atoms with E-state index in [9.17, 15) is 9.59 Å². The Morgan fingerprint density at radius 1 is 1.10 bits per heavy atom. The SMILES string of the molecule is CCCN1C(=O)/C(=c2\sc3nc(-c4ccc(C)cc4)nn3c2=O)c2cc(Br)ccc21. The minimum absolute atomic E-state index is 0.148. The second-order valence-corrected chi connectivity index (χ2v) is 9.12. The number of anilines is 1. The van der Waals surface area contributed by atoms with Crippen molar-refractivity contribution in [2.45, 2.75) is 20.3 Å². The second kappa shape index (κ2) is 7.14. The highest BCUT2D eigenvalue weighted by molar-refractivity contribution is 9.10. The number of benzene rings is 2. The molecule has 6 nitrogen and oxygen atoms in total. The van der Waals surface area contributed by atoms with Crippen LogP contribution in [0.4, 0.5) is 5.69 Å². The largest absolute Gasteiger partial charge is 0.308 e. The summed E-state index contributed by atoms with van der Waals surface area (Å²) in [6.07, 6.45) is 0.827. The predicted octanol–water partition coefficient (Wildman–Crippen LogP) is 3.56. The molecule has 2 aromatic heterocycles. The van der Waals surface area contributed by atoms with Crippen molar-refractivity contribution in [2.24, 2.45) is 0 Å². The molecule has 2 aromatic carbocycles. The van der Waals surface area contributed by atoms with Gasteiger partial charge in [-0.25, -0.2) is 0 Å². The number of fused-ring (bicyclic) bond motifs is 2. The monoisotopic (exact) mass is 480 g/mol. The van der Waals surface area contributed by atoms with Crippen molar-refractivity contribution in [1.82, 2.24) is 14.6 Å². The van der Waals surface area contributed by atoms with Gasteiger partial charge in [-0.15, -0.1) is 5.10 Å². The normalized spacial score (nSPS) is 15.3. The van der Waals surface area contributed by atoms with Gasteiger partial charge in [0, 0.05) is 22.1 Å². The summed E-state index contributed by atoms with van der Waals surface area (Å²) < 4.78 is 2.54. The Kier molecular flexibility index (Phi) is 4.56. The number of amides is 1. The summed E-state index contributed by atoms with van der Waals surface area (Å²) in [6.45, 7) is 4.64. The molecule has 0 bridgehead atoms. The standard InChI is InChI=1S/C22H17BrN4O2S/c1-3-10-26-16-9-8-14(23)11-15(16)17(20(26)28)18-21(29)27-22(30-18)24-19(25-27)13-6-4-12(2)5-7-13/h4-9,11H,3,10H2,1-2H3/b18-17-. The van der Waals surface area contributed by atoms with Crippen LogP contribution in [0.3, 0.4) is 0 Å². The number of aryl methyl sites for hydroxylation is 1. The first kappa shape index (κ1) is 19.1. The van der Waals surface area contributed by atoms with Crippen molar-refractivity contribution in [3.8, 4) is 11.4 Å². The van der Waals surface area contributed by atoms with E-state index in [4.69, 9.17) is 0 Å². The van der Waals surface area contributed by atoms with Crippen LogP contribution >= 0.6 is 27.3 Å². The second-order valence-electron chi connectivity index (χ2n) is 7.23. The van der Waals surface area contributed by atoms with Crippen LogP contribution in [0.2, 0.25) is 0 Å². The Balaban J connectivity index is 1.72. The molecule has 0 fully saturated rings. The summed E-state index contributed by atoms with van der Waals surface area (Å²) >= 11 is 4.69. The molecule has 0 spiro atoms. The fourth-order valence-electron chi connectivity index (χ4n) is 3.68. The first-order valence-corrected chi connectivity index (χ1v) is 11.2. The molecule has 0 saturated heterocycles. The zero-order valence-corrected chi connectivity index (χ0v) is 18.7. The first-order valence-electron chi connectivity index (χ1n) is 9.60. The third kappa shape index (κ3) is 2.90. The maximum absolute atomic E-state index is 13.2. The highest BCUT2D eigenvalue weighted by Gasteiger charge is 2.34. The minimum Gasteiger partial charge on any atom is -0.308 e. The lowest BCUT2D eigenvalue weighted by Crippen LogP contribution is -2.32. The summed E-state index contributed by atoms with van der Waals surface area (Å²) in [7, 11) is 0. The molecular weight excluding hydrogens is 464 g/mol. The van der Waals surface area contributed by atoms with Gasteiger partial charge in [0.15, 0.2) is 5.82 Å². The number of carbonyl (C=O) groups is 1. The van der Waals surface area contributed by atoms with Crippen LogP contribution < -0.4 is 15.0 Å². The summed E-state index contributed by atoms with van der Waals surface area (Å²) in [5.41, 5.74) is 3.71. The van der Waals surface area contributed by atoms with E-state index < -0.39 is 0 Å². The topological polar surface area (TPSA) is 67.6 Å². The third-order valence-corrected chi connectivity index (χ3v) is 6.64. The molecule has 1 amide bonds. The van der Waals surface area contributed by atoms with Gasteiger partial charge < -0.3 is 4.90 Å². The summed E-state index contributed by atoms with van der Waals surface area (Å²) in [5, 5.41) is 4.41. The van der Waals surface area contributed by atoms with Gasteiger partial charge in [-0.2, -0.15) is 9.50 Å². The van der Waals surface area contributed by atoms with Crippen molar-refractivity contribution in [3.63, 3.8) is 0 Å². The fourth-order valence-corrected chi connectivity index (χ4v) is 5.04. The lowest BCUT2D eigenvalue weighted by Gasteiger charge is -2.15. The molecule has 5 rings (SSSR count). The van der Waals surface area contributed by atoms with Gasteiger partial charge in [0.05, 0.1) is 11.3 Å². The summed E-state index contributed by atoms with van der Waals surface area (Å²) in [6, 6.07) is 13.6. The average molecular weight is 481 g/mol. The van der Waals surface area contributed by atoms with Crippen LogP contribution in [-0.2, 0) is 4.79 Å². The van der Waals surface area contributed by atoms with Crippen molar-refractivity contribution in [1.29, 1.82) is 0 Å². The van der Waals surface area contributed by atoms with E-state index in [1.807, 2.05) is 56.3 Å². The quantitative estimate of drug-likeness (QED) is 0.449. The molecule has 0 saturated carbocycles. The molecule has 4 aromatic rings. The number of halogens is 1. The number of hydrogen-bond acceptors (Lipinski definition) is 5. The Morgan fingerprint density at radius 2 is 1.87 bits per heavy atom. The van der Waals surface area contributed by atoms with Gasteiger partial charge in [0.1, 0.15) is 4.53 Å². The number of nitrogens with zero attached hydrogens (tertiary/aromatic N) is 4. The third-order valence-electron chi connectivity index (χ3n) is 5.12. The Hall–Kier alpha value is -2.84. The van der Waals surface area contributed by atoms with Gasteiger partial charge >= 0.3 is 0 Å².